The van der Waals surface area contributed by atoms with E-state index in [-0.39, 0.29) is 12.5 Å². The maximum Gasteiger partial charge on any atom is 0.262 e. The van der Waals surface area contributed by atoms with Crippen LogP contribution in [0.5, 0.6) is 17.2 Å². The molecular weight excluding hydrogens is 341 g/mol. The topological polar surface area (TPSA) is 56.8 Å². The molecule has 0 atom stereocenters. The van der Waals surface area contributed by atoms with Gasteiger partial charge in [-0.05, 0) is 18.2 Å². The minimum absolute atomic E-state index is 0.198. The number of carbonyl (C=O) groups is 1. The predicted octanol–water partition coefficient (Wildman–Crippen LogP) is 4.03. The fraction of sp³-hybridized carbons (Fsp3) is 0.188. The number of hydrogen-bond acceptors (Lipinski definition) is 4. The summed E-state index contributed by atoms with van der Waals surface area (Å²) >= 11 is 12.0. The highest BCUT2D eigenvalue weighted by molar-refractivity contribution is 6.32. The monoisotopic (exact) mass is 355 g/mol. The van der Waals surface area contributed by atoms with Crippen molar-refractivity contribution in [3.05, 3.63) is 46.4 Å². The highest BCUT2D eigenvalue weighted by Crippen LogP contribution is 2.35. The molecule has 122 valence electrons. The lowest BCUT2D eigenvalue weighted by molar-refractivity contribution is -0.118. The fourth-order valence-corrected chi connectivity index (χ4v) is 2.28. The van der Waals surface area contributed by atoms with Gasteiger partial charge in [0.15, 0.2) is 6.61 Å². The number of benzene rings is 2. The summed E-state index contributed by atoms with van der Waals surface area (Å²) in [4.78, 5) is 12.0. The summed E-state index contributed by atoms with van der Waals surface area (Å²) in [5, 5.41) is 3.46. The number of methoxy groups -OCH3 is 2. The van der Waals surface area contributed by atoms with Crippen LogP contribution in [0.15, 0.2) is 36.4 Å². The summed E-state index contributed by atoms with van der Waals surface area (Å²) in [5.74, 6) is 0.944. The molecule has 0 bridgehead atoms. The second-order valence-electron chi connectivity index (χ2n) is 4.45. The van der Waals surface area contributed by atoms with Crippen molar-refractivity contribution in [1.82, 2.24) is 0 Å². The van der Waals surface area contributed by atoms with E-state index in [4.69, 9.17) is 37.4 Å². The van der Waals surface area contributed by atoms with E-state index < -0.39 is 0 Å². The van der Waals surface area contributed by atoms with E-state index in [2.05, 4.69) is 5.32 Å². The Kier molecular flexibility index (Phi) is 5.96. The van der Waals surface area contributed by atoms with E-state index in [0.717, 1.165) is 0 Å². The Hall–Kier alpha value is -2.11. The van der Waals surface area contributed by atoms with Crippen LogP contribution in [-0.4, -0.2) is 26.7 Å². The van der Waals surface area contributed by atoms with Gasteiger partial charge in [-0.15, -0.1) is 0 Å². The SMILES string of the molecule is COc1cc(OC)c(NC(=O)COc2ccccc2Cl)cc1Cl. The first-order chi connectivity index (χ1) is 11.0. The molecular formula is C16H15Cl2NO4. The Bertz CT molecular complexity index is 706. The molecule has 0 saturated carbocycles. The van der Waals surface area contributed by atoms with E-state index in [1.165, 1.54) is 14.2 Å². The second kappa shape index (κ2) is 7.94. The van der Waals surface area contributed by atoms with Crippen molar-refractivity contribution < 1.29 is 19.0 Å². The predicted molar refractivity (Wildman–Crippen MR) is 90.1 cm³/mol. The highest BCUT2D eigenvalue weighted by atomic mass is 35.5. The lowest BCUT2D eigenvalue weighted by Crippen LogP contribution is -2.20. The summed E-state index contributed by atoms with van der Waals surface area (Å²) in [6.07, 6.45) is 0. The van der Waals surface area contributed by atoms with Gasteiger partial charge in [-0.25, -0.2) is 0 Å². The molecule has 0 saturated heterocycles. The lowest BCUT2D eigenvalue weighted by atomic mass is 10.2. The molecule has 23 heavy (non-hydrogen) atoms. The van der Waals surface area contributed by atoms with Crippen molar-refractivity contribution in [3.63, 3.8) is 0 Å². The molecule has 5 nitrogen and oxygen atoms in total. The van der Waals surface area contributed by atoms with Crippen LogP contribution in [0.4, 0.5) is 5.69 Å². The Morgan fingerprint density at radius 1 is 1.00 bits per heavy atom. The van der Waals surface area contributed by atoms with Gasteiger partial charge in [-0.1, -0.05) is 35.3 Å². The normalized spacial score (nSPS) is 10.1. The standard InChI is InChI=1S/C16H15Cl2NO4/c1-21-14-8-15(22-2)12(7-11(14)18)19-16(20)9-23-13-6-4-3-5-10(13)17/h3-8H,9H2,1-2H3,(H,19,20). The Morgan fingerprint density at radius 2 is 1.70 bits per heavy atom. The summed E-state index contributed by atoms with van der Waals surface area (Å²) in [5.41, 5.74) is 0.422. The molecule has 0 fully saturated rings. The number of rotatable bonds is 6. The van der Waals surface area contributed by atoms with Crippen LogP contribution in [0.1, 0.15) is 0 Å². The van der Waals surface area contributed by atoms with Crippen LogP contribution in [0.25, 0.3) is 0 Å². The molecule has 2 aromatic carbocycles. The fourth-order valence-electron chi connectivity index (χ4n) is 1.85. The third-order valence-corrected chi connectivity index (χ3v) is 3.55. The third-order valence-electron chi connectivity index (χ3n) is 2.94. The van der Waals surface area contributed by atoms with Gasteiger partial charge in [0.2, 0.25) is 0 Å². The zero-order valence-corrected chi connectivity index (χ0v) is 14.1. The number of para-hydroxylation sites is 1. The number of nitrogens with one attached hydrogen (secondary N) is 1. The molecule has 0 radical (unpaired) electrons. The van der Waals surface area contributed by atoms with Crippen LogP contribution in [0, 0.1) is 0 Å². The molecule has 0 aromatic heterocycles. The molecule has 2 rings (SSSR count). The first-order valence-corrected chi connectivity index (χ1v) is 7.39. The van der Waals surface area contributed by atoms with Crippen LogP contribution in [0.3, 0.4) is 0 Å². The Morgan fingerprint density at radius 3 is 2.35 bits per heavy atom. The summed E-state index contributed by atoms with van der Waals surface area (Å²) in [6, 6.07) is 10.0. The Balaban J connectivity index is 2.05. The number of halogens is 2. The molecule has 0 aliphatic carbocycles. The maximum absolute atomic E-state index is 12.0. The number of ether oxygens (including phenoxy) is 3. The van der Waals surface area contributed by atoms with Gasteiger partial charge in [0.1, 0.15) is 17.2 Å². The minimum Gasteiger partial charge on any atom is -0.495 e. The van der Waals surface area contributed by atoms with Gasteiger partial charge in [-0.3, -0.25) is 4.79 Å². The summed E-state index contributed by atoms with van der Waals surface area (Å²) < 4.78 is 15.7. The van der Waals surface area contributed by atoms with Crippen molar-refractivity contribution in [1.29, 1.82) is 0 Å². The molecule has 0 aliphatic heterocycles. The van der Waals surface area contributed by atoms with Crippen molar-refractivity contribution in [2.75, 3.05) is 26.1 Å². The summed E-state index contributed by atoms with van der Waals surface area (Å²) in [6.45, 7) is -0.198. The molecule has 0 unspecified atom stereocenters. The zero-order valence-electron chi connectivity index (χ0n) is 12.6. The molecule has 7 heteroatoms. The largest absolute Gasteiger partial charge is 0.495 e. The van der Waals surface area contributed by atoms with Crippen LogP contribution < -0.4 is 19.5 Å². The number of carbonyl (C=O) groups excluding carboxylic acids is 1. The van der Waals surface area contributed by atoms with E-state index in [1.54, 1.807) is 36.4 Å². The van der Waals surface area contributed by atoms with Gasteiger partial charge < -0.3 is 19.5 Å². The third kappa shape index (κ3) is 4.43. The Labute approximate surface area is 144 Å². The lowest BCUT2D eigenvalue weighted by Gasteiger charge is -2.13. The average molecular weight is 356 g/mol. The molecule has 2 aromatic rings. The van der Waals surface area contributed by atoms with Gasteiger partial charge in [0.05, 0.1) is 30.0 Å². The van der Waals surface area contributed by atoms with E-state index in [9.17, 15) is 4.79 Å². The van der Waals surface area contributed by atoms with Gasteiger partial charge in [0, 0.05) is 6.07 Å². The zero-order chi connectivity index (χ0) is 16.8. The highest BCUT2D eigenvalue weighted by Gasteiger charge is 2.13. The minimum atomic E-state index is -0.371. The number of hydrogen-bond donors (Lipinski definition) is 1. The van der Waals surface area contributed by atoms with Crippen molar-refractivity contribution in [3.8, 4) is 17.2 Å². The second-order valence-corrected chi connectivity index (χ2v) is 5.27. The average Bonchev–Trinajstić information content (AvgIpc) is 2.54. The van der Waals surface area contributed by atoms with Gasteiger partial charge >= 0.3 is 0 Å². The van der Waals surface area contributed by atoms with Crippen molar-refractivity contribution >= 4 is 34.8 Å². The molecule has 0 heterocycles. The van der Waals surface area contributed by atoms with Crippen molar-refractivity contribution in [2.24, 2.45) is 0 Å². The number of amides is 1. The smallest absolute Gasteiger partial charge is 0.262 e. The molecule has 1 amide bonds. The maximum atomic E-state index is 12.0. The van der Waals surface area contributed by atoms with Crippen LogP contribution >= 0.6 is 23.2 Å². The molecule has 1 N–H and O–H groups in total. The van der Waals surface area contributed by atoms with Crippen molar-refractivity contribution in [2.45, 2.75) is 0 Å². The quantitative estimate of drug-likeness (QED) is 0.849. The van der Waals surface area contributed by atoms with Gasteiger partial charge in [0.25, 0.3) is 5.91 Å². The van der Waals surface area contributed by atoms with Crippen LogP contribution in [0.2, 0.25) is 10.0 Å². The number of anilines is 1. The first-order valence-electron chi connectivity index (χ1n) is 6.64. The first kappa shape index (κ1) is 17.2. The molecule has 0 aliphatic rings. The van der Waals surface area contributed by atoms with Gasteiger partial charge in [-0.2, -0.15) is 0 Å². The van der Waals surface area contributed by atoms with E-state index >= 15 is 0 Å². The van der Waals surface area contributed by atoms with Crippen LogP contribution in [-0.2, 0) is 4.79 Å². The van der Waals surface area contributed by atoms with E-state index in [1.807, 2.05) is 0 Å². The molecule has 0 spiro atoms. The van der Waals surface area contributed by atoms with E-state index in [0.29, 0.717) is 33.0 Å². The summed E-state index contributed by atoms with van der Waals surface area (Å²) in [7, 11) is 2.98.